The van der Waals surface area contributed by atoms with Crippen LogP contribution in [0.4, 0.5) is 26.3 Å². The maximum absolute atomic E-state index is 12.4. The number of hydrogen-bond donors (Lipinski definition) is 1. The van der Waals surface area contributed by atoms with E-state index in [4.69, 9.17) is 5.11 Å². The van der Waals surface area contributed by atoms with Gasteiger partial charge in [-0.05, 0) is 12.5 Å². The zero-order chi connectivity index (χ0) is 16.5. The van der Waals surface area contributed by atoms with Crippen molar-refractivity contribution < 1.29 is 41.0 Å². The molecule has 0 aromatic heterocycles. The van der Waals surface area contributed by atoms with E-state index in [1.54, 1.807) is 6.07 Å². The van der Waals surface area contributed by atoms with Crippen LogP contribution in [0, 0.1) is 0 Å². The van der Waals surface area contributed by atoms with Crippen molar-refractivity contribution in [3.63, 3.8) is 0 Å². The first-order valence-electron chi connectivity index (χ1n) is 5.53. The average Bonchev–Trinajstić information content (AvgIpc) is 2.35. The quantitative estimate of drug-likeness (QED) is 0.688. The molecule has 0 aliphatic heterocycles. The number of halogens is 6. The van der Waals surface area contributed by atoms with Crippen LogP contribution in [-0.2, 0) is 9.53 Å². The van der Waals surface area contributed by atoms with Crippen LogP contribution in [-0.4, -0.2) is 29.0 Å². The molecule has 1 N–H and O–H groups in total. The predicted molar refractivity (Wildman–Crippen MR) is 58.0 cm³/mol. The fraction of sp³-hybridized carbons (Fsp3) is 0.417. The Hall–Kier alpha value is -1.77. The lowest BCUT2D eigenvalue weighted by Gasteiger charge is -2.30. The molecule has 1 atom stereocenters. The Morgan fingerprint density at radius 3 is 1.86 bits per heavy atom. The van der Waals surface area contributed by atoms with Crippen molar-refractivity contribution in [3.05, 3.63) is 35.9 Å². The third-order valence-corrected chi connectivity index (χ3v) is 2.67. The molecule has 1 rings (SSSR count). The zero-order valence-corrected chi connectivity index (χ0v) is 10.5. The van der Waals surface area contributed by atoms with E-state index in [0.29, 0.717) is 0 Å². The highest BCUT2D eigenvalue weighted by Gasteiger charge is 2.76. The van der Waals surface area contributed by atoms with Gasteiger partial charge in [0.15, 0.2) is 0 Å². The van der Waals surface area contributed by atoms with Crippen LogP contribution in [0.3, 0.4) is 0 Å². The van der Waals surface area contributed by atoms with Crippen LogP contribution in [0.15, 0.2) is 30.3 Å². The van der Waals surface area contributed by atoms with Crippen molar-refractivity contribution in [2.45, 2.75) is 31.0 Å². The van der Waals surface area contributed by atoms with Crippen LogP contribution in [0.1, 0.15) is 18.6 Å². The third-order valence-electron chi connectivity index (χ3n) is 2.67. The number of carbonyl (C=O) groups is 1. The number of hydrogen-bond acceptors (Lipinski definition) is 3. The Morgan fingerprint density at radius 1 is 1.05 bits per heavy atom. The summed E-state index contributed by atoms with van der Waals surface area (Å²) in [5, 5.41) is 8.82. The molecule has 0 bridgehead atoms. The monoisotopic (exact) mass is 316 g/mol. The molecule has 9 heteroatoms. The third kappa shape index (κ3) is 3.29. The van der Waals surface area contributed by atoms with E-state index in [9.17, 15) is 31.1 Å². The maximum Gasteiger partial charge on any atom is 0.437 e. The Morgan fingerprint density at radius 2 is 1.48 bits per heavy atom. The minimum Gasteiger partial charge on any atom is -0.455 e. The van der Waals surface area contributed by atoms with Crippen LogP contribution in [0.2, 0.25) is 0 Å². The molecular weight excluding hydrogens is 306 g/mol. The van der Waals surface area contributed by atoms with Gasteiger partial charge >= 0.3 is 23.9 Å². The first-order valence-corrected chi connectivity index (χ1v) is 5.53. The first-order chi connectivity index (χ1) is 9.41. The molecule has 0 amide bonds. The molecule has 0 saturated heterocycles. The molecule has 1 aromatic carbocycles. The molecule has 0 aliphatic rings. The second-order valence-electron chi connectivity index (χ2n) is 4.16. The molecular formula is C12H10F6O3. The molecule has 0 saturated carbocycles. The molecule has 21 heavy (non-hydrogen) atoms. The molecule has 3 nitrogen and oxygen atoms in total. The molecule has 118 valence electrons. The van der Waals surface area contributed by atoms with E-state index < -0.39 is 30.0 Å². The highest BCUT2D eigenvalue weighted by molar-refractivity contribution is 5.81. The van der Waals surface area contributed by atoms with Gasteiger partial charge in [0.25, 0.3) is 0 Å². The Kier molecular flexibility index (Phi) is 4.57. The summed E-state index contributed by atoms with van der Waals surface area (Å²) in [5.74, 6) is -2.82. The summed E-state index contributed by atoms with van der Waals surface area (Å²) >= 11 is 0. The fourth-order valence-corrected chi connectivity index (χ4v) is 1.43. The number of rotatable bonds is 3. The average molecular weight is 316 g/mol. The lowest BCUT2D eigenvalue weighted by atomic mass is 10.0. The summed E-state index contributed by atoms with van der Waals surface area (Å²) in [6.07, 6.45) is -13.9. The largest absolute Gasteiger partial charge is 0.455 e. The van der Waals surface area contributed by atoms with Gasteiger partial charge in [-0.25, -0.2) is 4.79 Å². The van der Waals surface area contributed by atoms with Crippen molar-refractivity contribution in [1.29, 1.82) is 0 Å². The van der Waals surface area contributed by atoms with Crippen LogP contribution in [0.25, 0.3) is 0 Å². The van der Waals surface area contributed by atoms with Crippen LogP contribution in [0.5, 0.6) is 0 Å². The summed E-state index contributed by atoms with van der Waals surface area (Å²) in [4.78, 5) is 11.2. The van der Waals surface area contributed by atoms with Gasteiger partial charge in [-0.3, -0.25) is 0 Å². The van der Waals surface area contributed by atoms with Crippen LogP contribution >= 0.6 is 0 Å². The number of alkyl halides is 6. The van der Waals surface area contributed by atoms with Gasteiger partial charge < -0.3 is 9.84 Å². The van der Waals surface area contributed by atoms with E-state index in [2.05, 4.69) is 4.74 Å². The van der Waals surface area contributed by atoms with E-state index in [0.717, 1.165) is 6.92 Å². The minimum atomic E-state index is -6.25. The van der Waals surface area contributed by atoms with E-state index in [-0.39, 0.29) is 5.56 Å². The number of aliphatic hydroxyl groups is 1. The number of ether oxygens (including phenoxy) is 1. The Bertz CT molecular complexity index is 480. The Labute approximate surface area is 115 Å². The normalized spacial score (nSPS) is 14.7. The van der Waals surface area contributed by atoms with Gasteiger partial charge in [0, 0.05) is 0 Å². The first kappa shape index (κ1) is 17.3. The predicted octanol–water partition coefficient (Wildman–Crippen LogP) is 3.15. The van der Waals surface area contributed by atoms with Crippen molar-refractivity contribution in [3.8, 4) is 0 Å². The number of esters is 1. The Balaban J connectivity index is 3.05. The SMILES string of the molecule is CC(OC(=O)C(O)(C(F)(F)F)C(F)(F)F)c1ccccc1. The van der Waals surface area contributed by atoms with E-state index >= 15 is 0 Å². The highest BCUT2D eigenvalue weighted by Crippen LogP contribution is 2.44. The molecule has 0 aliphatic carbocycles. The number of carbonyl (C=O) groups excluding carboxylic acids is 1. The molecule has 0 heterocycles. The lowest BCUT2D eigenvalue weighted by molar-refractivity contribution is -0.357. The molecule has 1 unspecified atom stereocenters. The maximum atomic E-state index is 12.4. The molecule has 0 spiro atoms. The van der Waals surface area contributed by atoms with Gasteiger partial charge in [-0.15, -0.1) is 0 Å². The van der Waals surface area contributed by atoms with E-state index in [1.165, 1.54) is 24.3 Å². The highest BCUT2D eigenvalue weighted by atomic mass is 19.4. The summed E-state index contributed by atoms with van der Waals surface area (Å²) in [7, 11) is 0. The van der Waals surface area contributed by atoms with Crippen molar-refractivity contribution in [2.24, 2.45) is 0 Å². The van der Waals surface area contributed by atoms with Crippen molar-refractivity contribution >= 4 is 5.97 Å². The number of benzene rings is 1. The van der Waals surface area contributed by atoms with E-state index in [1.807, 2.05) is 0 Å². The van der Waals surface area contributed by atoms with Crippen LogP contribution < -0.4 is 0 Å². The standard InChI is InChI=1S/C12H10F6O3/c1-7(8-5-3-2-4-6-8)21-9(19)10(20,11(13,14)15)12(16,17)18/h2-7,20H,1H3. The summed E-state index contributed by atoms with van der Waals surface area (Å²) in [6.45, 7) is 1.08. The summed E-state index contributed by atoms with van der Waals surface area (Å²) in [6, 6.07) is 7.16. The van der Waals surface area contributed by atoms with Gasteiger partial charge in [-0.1, -0.05) is 30.3 Å². The smallest absolute Gasteiger partial charge is 0.437 e. The second kappa shape index (κ2) is 5.55. The van der Waals surface area contributed by atoms with Gasteiger partial charge in [0.1, 0.15) is 6.10 Å². The topological polar surface area (TPSA) is 46.5 Å². The van der Waals surface area contributed by atoms with Crippen molar-refractivity contribution in [1.82, 2.24) is 0 Å². The van der Waals surface area contributed by atoms with Crippen molar-refractivity contribution in [2.75, 3.05) is 0 Å². The zero-order valence-electron chi connectivity index (χ0n) is 10.5. The summed E-state index contributed by atoms with van der Waals surface area (Å²) in [5.41, 5.74) is -5.39. The second-order valence-corrected chi connectivity index (χ2v) is 4.16. The van der Waals surface area contributed by atoms with Gasteiger partial charge in [-0.2, -0.15) is 26.3 Å². The lowest BCUT2D eigenvalue weighted by Crippen LogP contribution is -2.63. The molecule has 0 radical (unpaired) electrons. The van der Waals surface area contributed by atoms with Gasteiger partial charge in [0.05, 0.1) is 0 Å². The molecule has 1 aromatic rings. The van der Waals surface area contributed by atoms with Gasteiger partial charge in [0.2, 0.25) is 0 Å². The summed E-state index contributed by atoms with van der Waals surface area (Å²) < 4.78 is 78.7. The minimum absolute atomic E-state index is 0.178. The molecule has 0 fully saturated rings. The fourth-order valence-electron chi connectivity index (χ4n) is 1.43.